The molecule has 2 rings (SSSR count). The molecule has 1 saturated carbocycles. The molecule has 1 aromatic carbocycles. The van der Waals surface area contributed by atoms with Gasteiger partial charge in [0, 0.05) is 5.56 Å². The maximum atomic E-state index is 13.2. The van der Waals surface area contributed by atoms with Gasteiger partial charge in [0.1, 0.15) is 5.76 Å². The van der Waals surface area contributed by atoms with Gasteiger partial charge in [-0.3, -0.25) is 0 Å². The molecular formula is C14H15F3O. The van der Waals surface area contributed by atoms with Gasteiger partial charge in [-0.2, -0.15) is 0 Å². The van der Waals surface area contributed by atoms with Gasteiger partial charge in [0.15, 0.2) is 17.5 Å². The maximum Gasteiger partial charge on any atom is 0.194 e. The van der Waals surface area contributed by atoms with E-state index in [0.717, 1.165) is 49.8 Å². The van der Waals surface area contributed by atoms with Crippen LogP contribution in [0.5, 0.6) is 0 Å². The number of rotatable bonds is 2. The van der Waals surface area contributed by atoms with E-state index >= 15 is 0 Å². The number of ether oxygens (including phenoxy) is 1. The molecule has 1 aromatic rings. The van der Waals surface area contributed by atoms with Crippen molar-refractivity contribution >= 4 is 5.76 Å². The first-order valence-corrected chi connectivity index (χ1v) is 6.04. The minimum Gasteiger partial charge on any atom is -0.496 e. The van der Waals surface area contributed by atoms with E-state index in [9.17, 15) is 13.2 Å². The Bertz CT molecular complexity index is 449. The highest BCUT2D eigenvalue weighted by atomic mass is 19.2. The molecule has 0 bridgehead atoms. The third-order valence-corrected chi connectivity index (χ3v) is 3.23. The third-order valence-electron chi connectivity index (χ3n) is 3.23. The van der Waals surface area contributed by atoms with Crippen molar-refractivity contribution in [2.24, 2.45) is 0 Å². The van der Waals surface area contributed by atoms with Crippen molar-refractivity contribution in [2.45, 2.75) is 32.1 Å². The van der Waals surface area contributed by atoms with Gasteiger partial charge in [-0.25, -0.2) is 13.2 Å². The first-order valence-electron chi connectivity index (χ1n) is 6.04. The number of halogens is 3. The summed E-state index contributed by atoms with van der Waals surface area (Å²) >= 11 is 0. The number of hydrogen-bond acceptors (Lipinski definition) is 1. The zero-order chi connectivity index (χ0) is 13.1. The molecule has 0 atom stereocenters. The standard InChI is InChI=1S/C14H15F3O/c1-18-14(9-5-3-2-4-6-9)10-7-11(15)13(17)12(16)8-10/h7-8H,2-6H2,1H3. The summed E-state index contributed by atoms with van der Waals surface area (Å²) in [6.07, 6.45) is 4.99. The van der Waals surface area contributed by atoms with Crippen molar-refractivity contribution in [3.05, 3.63) is 40.7 Å². The van der Waals surface area contributed by atoms with Gasteiger partial charge in [-0.15, -0.1) is 0 Å². The molecule has 1 aliphatic rings. The molecule has 4 heteroatoms. The van der Waals surface area contributed by atoms with Crippen LogP contribution in [0, 0.1) is 17.5 Å². The minimum absolute atomic E-state index is 0.269. The van der Waals surface area contributed by atoms with Crippen LogP contribution in [0.15, 0.2) is 17.7 Å². The van der Waals surface area contributed by atoms with E-state index < -0.39 is 17.5 Å². The monoisotopic (exact) mass is 256 g/mol. The Morgan fingerprint density at radius 3 is 2.06 bits per heavy atom. The fourth-order valence-corrected chi connectivity index (χ4v) is 2.36. The van der Waals surface area contributed by atoms with Crippen LogP contribution in [0.25, 0.3) is 5.76 Å². The second-order valence-corrected chi connectivity index (χ2v) is 4.45. The Hall–Kier alpha value is -1.45. The fraction of sp³-hybridized carbons (Fsp3) is 0.429. The van der Waals surface area contributed by atoms with E-state index in [1.807, 2.05) is 0 Å². The lowest BCUT2D eigenvalue weighted by atomic mass is 9.92. The van der Waals surface area contributed by atoms with Gasteiger partial charge in [0.05, 0.1) is 7.11 Å². The van der Waals surface area contributed by atoms with Crippen LogP contribution < -0.4 is 0 Å². The molecule has 0 unspecified atom stereocenters. The average Bonchev–Trinajstić information content (AvgIpc) is 2.38. The summed E-state index contributed by atoms with van der Waals surface area (Å²) in [6.45, 7) is 0. The highest BCUT2D eigenvalue weighted by Gasteiger charge is 2.17. The first-order chi connectivity index (χ1) is 8.63. The molecular weight excluding hydrogens is 241 g/mol. The molecule has 0 aliphatic heterocycles. The van der Waals surface area contributed by atoms with Crippen LogP contribution in [0.1, 0.15) is 37.7 Å². The SMILES string of the molecule is COC(=C1CCCCC1)c1cc(F)c(F)c(F)c1. The van der Waals surface area contributed by atoms with Crippen LogP contribution in [0.3, 0.4) is 0 Å². The van der Waals surface area contributed by atoms with Crippen molar-refractivity contribution in [1.29, 1.82) is 0 Å². The molecule has 0 N–H and O–H groups in total. The maximum absolute atomic E-state index is 13.2. The largest absolute Gasteiger partial charge is 0.496 e. The normalized spacial score (nSPS) is 15.7. The number of methoxy groups -OCH3 is 1. The van der Waals surface area contributed by atoms with Gasteiger partial charge in [-0.05, 0) is 43.4 Å². The molecule has 0 heterocycles. The van der Waals surface area contributed by atoms with Gasteiger partial charge >= 0.3 is 0 Å². The molecule has 0 saturated heterocycles. The molecule has 0 spiro atoms. The molecule has 0 amide bonds. The number of allylic oxidation sites excluding steroid dienone is 1. The van der Waals surface area contributed by atoms with Crippen LogP contribution in [0.4, 0.5) is 13.2 Å². The summed E-state index contributed by atoms with van der Waals surface area (Å²) in [5.41, 5.74) is 1.32. The van der Waals surface area contributed by atoms with Gasteiger partial charge < -0.3 is 4.74 Å². The zero-order valence-corrected chi connectivity index (χ0v) is 10.2. The summed E-state index contributed by atoms with van der Waals surface area (Å²) < 4.78 is 44.6. The quantitative estimate of drug-likeness (QED) is 0.562. The van der Waals surface area contributed by atoms with Crippen LogP contribution in [-0.4, -0.2) is 7.11 Å². The lowest BCUT2D eigenvalue weighted by molar-refractivity contribution is 0.359. The van der Waals surface area contributed by atoms with E-state index in [0.29, 0.717) is 5.76 Å². The van der Waals surface area contributed by atoms with Gasteiger partial charge in [0.25, 0.3) is 0 Å². The van der Waals surface area contributed by atoms with E-state index in [1.165, 1.54) is 7.11 Å². The predicted molar refractivity (Wildman–Crippen MR) is 63.3 cm³/mol. The van der Waals surface area contributed by atoms with Crippen LogP contribution in [0.2, 0.25) is 0 Å². The summed E-state index contributed by atoms with van der Waals surface area (Å²) in [5.74, 6) is -3.33. The second kappa shape index (κ2) is 5.46. The Labute approximate surface area is 104 Å². The summed E-state index contributed by atoms with van der Waals surface area (Å²) in [5, 5.41) is 0. The van der Waals surface area contributed by atoms with Crippen molar-refractivity contribution in [3.8, 4) is 0 Å². The molecule has 98 valence electrons. The highest BCUT2D eigenvalue weighted by molar-refractivity contribution is 5.63. The summed E-state index contributed by atoms with van der Waals surface area (Å²) in [6, 6.07) is 1.97. The molecule has 0 radical (unpaired) electrons. The lowest BCUT2D eigenvalue weighted by Gasteiger charge is -2.18. The Morgan fingerprint density at radius 2 is 1.56 bits per heavy atom. The Morgan fingerprint density at radius 1 is 1.00 bits per heavy atom. The van der Waals surface area contributed by atoms with Crippen LogP contribution in [-0.2, 0) is 4.74 Å². The van der Waals surface area contributed by atoms with E-state index in [-0.39, 0.29) is 5.56 Å². The predicted octanol–water partition coefficient (Wildman–Crippen LogP) is 4.43. The average molecular weight is 256 g/mol. The van der Waals surface area contributed by atoms with Crippen LogP contribution >= 0.6 is 0 Å². The first kappa shape index (κ1) is 13.0. The zero-order valence-electron chi connectivity index (χ0n) is 10.2. The summed E-state index contributed by atoms with van der Waals surface area (Å²) in [7, 11) is 1.47. The molecule has 1 fully saturated rings. The molecule has 0 aromatic heterocycles. The van der Waals surface area contributed by atoms with Gasteiger partial charge in [0.2, 0.25) is 0 Å². The number of benzene rings is 1. The van der Waals surface area contributed by atoms with E-state index in [4.69, 9.17) is 4.74 Å². The number of hydrogen-bond donors (Lipinski definition) is 0. The smallest absolute Gasteiger partial charge is 0.194 e. The molecule has 1 nitrogen and oxygen atoms in total. The Kier molecular flexibility index (Phi) is 3.94. The third kappa shape index (κ3) is 2.52. The highest BCUT2D eigenvalue weighted by Crippen LogP contribution is 2.32. The fourth-order valence-electron chi connectivity index (χ4n) is 2.36. The van der Waals surface area contributed by atoms with Crippen molar-refractivity contribution < 1.29 is 17.9 Å². The van der Waals surface area contributed by atoms with E-state index in [2.05, 4.69) is 0 Å². The minimum atomic E-state index is -1.44. The molecule has 1 aliphatic carbocycles. The van der Waals surface area contributed by atoms with E-state index in [1.54, 1.807) is 0 Å². The molecule has 18 heavy (non-hydrogen) atoms. The van der Waals surface area contributed by atoms with Gasteiger partial charge in [-0.1, -0.05) is 6.42 Å². The van der Waals surface area contributed by atoms with Crippen molar-refractivity contribution in [2.75, 3.05) is 7.11 Å². The van der Waals surface area contributed by atoms with Crippen molar-refractivity contribution in [3.63, 3.8) is 0 Å². The topological polar surface area (TPSA) is 9.23 Å². The second-order valence-electron chi connectivity index (χ2n) is 4.45. The summed E-state index contributed by atoms with van der Waals surface area (Å²) in [4.78, 5) is 0. The lowest BCUT2D eigenvalue weighted by Crippen LogP contribution is -2.02. The van der Waals surface area contributed by atoms with Crippen molar-refractivity contribution in [1.82, 2.24) is 0 Å². The Balaban J connectivity index is 2.44.